The monoisotopic (exact) mass is 254 g/mol. The number of rotatable bonds is 6. The van der Waals surface area contributed by atoms with Crippen molar-refractivity contribution in [2.75, 3.05) is 26.7 Å². The van der Waals surface area contributed by atoms with Gasteiger partial charge in [-0.25, -0.2) is 0 Å². The lowest BCUT2D eigenvalue weighted by atomic mass is 10.00. The molecule has 1 aliphatic carbocycles. The van der Waals surface area contributed by atoms with Gasteiger partial charge in [-0.05, 0) is 45.4 Å². The van der Waals surface area contributed by atoms with Gasteiger partial charge in [-0.15, -0.1) is 0 Å². The molecule has 18 heavy (non-hydrogen) atoms. The van der Waals surface area contributed by atoms with Crippen LogP contribution in [0.1, 0.15) is 46.5 Å². The molecule has 2 rings (SSSR count). The van der Waals surface area contributed by atoms with Crippen molar-refractivity contribution in [1.29, 1.82) is 0 Å². The summed E-state index contributed by atoms with van der Waals surface area (Å²) in [5, 5.41) is 3.71. The Balaban J connectivity index is 1.88. The molecule has 1 aliphatic heterocycles. The SMILES string of the molecule is CCC1CN(CCC(C)(C)OC)C(C2CC2)CN1. The lowest BCUT2D eigenvalue weighted by molar-refractivity contribution is -0.00192. The van der Waals surface area contributed by atoms with Crippen molar-refractivity contribution in [2.45, 2.75) is 64.1 Å². The van der Waals surface area contributed by atoms with Crippen LogP contribution in [0.4, 0.5) is 0 Å². The van der Waals surface area contributed by atoms with E-state index in [9.17, 15) is 0 Å². The highest BCUT2D eigenvalue weighted by Crippen LogP contribution is 2.36. The zero-order valence-corrected chi connectivity index (χ0v) is 12.5. The molecule has 3 nitrogen and oxygen atoms in total. The Morgan fingerprint density at radius 2 is 2.06 bits per heavy atom. The molecule has 2 unspecified atom stereocenters. The quantitative estimate of drug-likeness (QED) is 0.787. The third-order valence-electron chi connectivity index (χ3n) is 4.75. The Morgan fingerprint density at radius 3 is 2.61 bits per heavy atom. The highest BCUT2D eigenvalue weighted by molar-refractivity contribution is 4.95. The fourth-order valence-electron chi connectivity index (χ4n) is 2.89. The van der Waals surface area contributed by atoms with Gasteiger partial charge in [0.2, 0.25) is 0 Å². The van der Waals surface area contributed by atoms with Crippen LogP contribution in [0.15, 0.2) is 0 Å². The third kappa shape index (κ3) is 3.69. The molecule has 0 aromatic rings. The summed E-state index contributed by atoms with van der Waals surface area (Å²) in [6.07, 6.45) is 5.24. The summed E-state index contributed by atoms with van der Waals surface area (Å²) < 4.78 is 5.55. The van der Waals surface area contributed by atoms with E-state index in [0.717, 1.165) is 18.4 Å². The number of piperazine rings is 1. The van der Waals surface area contributed by atoms with Crippen LogP contribution in [0.3, 0.4) is 0 Å². The molecule has 0 amide bonds. The first kappa shape index (κ1) is 14.3. The van der Waals surface area contributed by atoms with E-state index in [-0.39, 0.29) is 5.60 Å². The molecule has 0 radical (unpaired) electrons. The average molecular weight is 254 g/mol. The third-order valence-corrected chi connectivity index (χ3v) is 4.75. The highest BCUT2D eigenvalue weighted by Gasteiger charge is 2.38. The maximum absolute atomic E-state index is 5.55. The van der Waals surface area contributed by atoms with E-state index >= 15 is 0 Å². The lowest BCUT2D eigenvalue weighted by Crippen LogP contribution is -2.57. The van der Waals surface area contributed by atoms with E-state index in [2.05, 4.69) is 31.0 Å². The molecule has 2 fully saturated rings. The maximum Gasteiger partial charge on any atom is 0.0634 e. The van der Waals surface area contributed by atoms with Crippen LogP contribution >= 0.6 is 0 Å². The molecule has 106 valence electrons. The zero-order valence-electron chi connectivity index (χ0n) is 12.5. The second-order valence-corrected chi connectivity index (χ2v) is 6.63. The van der Waals surface area contributed by atoms with E-state index in [0.29, 0.717) is 6.04 Å². The van der Waals surface area contributed by atoms with Crippen molar-refractivity contribution >= 4 is 0 Å². The predicted octanol–water partition coefficient (Wildman–Crippen LogP) is 2.26. The minimum atomic E-state index is 0.0146. The molecule has 1 N–H and O–H groups in total. The second-order valence-electron chi connectivity index (χ2n) is 6.63. The van der Waals surface area contributed by atoms with E-state index in [1.54, 1.807) is 0 Å². The summed E-state index contributed by atoms with van der Waals surface area (Å²) in [6, 6.07) is 1.46. The van der Waals surface area contributed by atoms with Crippen LogP contribution in [-0.2, 0) is 4.74 Å². The Hall–Kier alpha value is -0.120. The summed E-state index contributed by atoms with van der Waals surface area (Å²) in [5.74, 6) is 0.959. The molecule has 1 saturated carbocycles. The van der Waals surface area contributed by atoms with Gasteiger partial charge in [0, 0.05) is 38.8 Å². The number of nitrogens with one attached hydrogen (secondary N) is 1. The van der Waals surface area contributed by atoms with Crippen LogP contribution < -0.4 is 5.32 Å². The molecular weight excluding hydrogens is 224 g/mol. The number of hydrogen-bond donors (Lipinski definition) is 1. The van der Waals surface area contributed by atoms with Crippen LogP contribution in [0, 0.1) is 5.92 Å². The molecule has 0 aromatic carbocycles. The molecule has 0 spiro atoms. The Morgan fingerprint density at radius 1 is 1.33 bits per heavy atom. The van der Waals surface area contributed by atoms with Gasteiger partial charge in [0.05, 0.1) is 5.60 Å². The summed E-state index contributed by atoms with van der Waals surface area (Å²) in [5.41, 5.74) is 0.0146. The first-order valence-corrected chi connectivity index (χ1v) is 7.58. The van der Waals surface area contributed by atoms with Gasteiger partial charge in [-0.3, -0.25) is 4.90 Å². The van der Waals surface area contributed by atoms with Crippen LogP contribution in [0.25, 0.3) is 0 Å². The van der Waals surface area contributed by atoms with E-state index in [1.807, 2.05) is 7.11 Å². The van der Waals surface area contributed by atoms with Crippen molar-refractivity contribution in [3.05, 3.63) is 0 Å². The van der Waals surface area contributed by atoms with Gasteiger partial charge in [-0.1, -0.05) is 6.92 Å². The molecule has 2 aliphatic rings. The van der Waals surface area contributed by atoms with E-state index in [4.69, 9.17) is 4.74 Å². The van der Waals surface area contributed by atoms with Gasteiger partial charge >= 0.3 is 0 Å². The minimum Gasteiger partial charge on any atom is -0.379 e. The van der Waals surface area contributed by atoms with Crippen molar-refractivity contribution < 1.29 is 4.74 Å². The Bertz CT molecular complexity index is 263. The van der Waals surface area contributed by atoms with Crippen molar-refractivity contribution in [1.82, 2.24) is 10.2 Å². The first-order valence-electron chi connectivity index (χ1n) is 7.58. The molecule has 0 aromatic heterocycles. The average Bonchev–Trinajstić information content (AvgIpc) is 3.20. The maximum atomic E-state index is 5.55. The summed E-state index contributed by atoms with van der Waals surface area (Å²) in [7, 11) is 1.82. The second kappa shape index (κ2) is 5.89. The van der Waals surface area contributed by atoms with E-state index in [1.165, 1.54) is 38.9 Å². The molecule has 0 bridgehead atoms. The molecule has 1 heterocycles. The number of ether oxygens (including phenoxy) is 1. The number of nitrogens with zero attached hydrogens (tertiary/aromatic N) is 1. The smallest absolute Gasteiger partial charge is 0.0634 e. The van der Waals surface area contributed by atoms with Gasteiger partial charge in [0.25, 0.3) is 0 Å². The highest BCUT2D eigenvalue weighted by atomic mass is 16.5. The van der Waals surface area contributed by atoms with Crippen LogP contribution in [-0.4, -0.2) is 49.3 Å². The van der Waals surface area contributed by atoms with Gasteiger partial charge in [0.15, 0.2) is 0 Å². The van der Waals surface area contributed by atoms with Gasteiger partial charge in [-0.2, -0.15) is 0 Å². The van der Waals surface area contributed by atoms with Crippen molar-refractivity contribution in [3.63, 3.8) is 0 Å². The van der Waals surface area contributed by atoms with Gasteiger partial charge < -0.3 is 10.1 Å². The Kier molecular flexibility index (Phi) is 4.68. The predicted molar refractivity (Wildman–Crippen MR) is 75.9 cm³/mol. The van der Waals surface area contributed by atoms with E-state index < -0.39 is 0 Å². The zero-order chi connectivity index (χ0) is 13.2. The summed E-state index contributed by atoms with van der Waals surface area (Å²) in [4.78, 5) is 2.73. The fourth-order valence-corrected chi connectivity index (χ4v) is 2.89. The standard InChI is InChI=1S/C15H30N2O/c1-5-13-11-17(9-8-15(2,3)18-4)14(10-16-13)12-6-7-12/h12-14,16H,5-11H2,1-4H3. The first-order chi connectivity index (χ1) is 8.55. The normalized spacial score (nSPS) is 30.7. The topological polar surface area (TPSA) is 24.5 Å². The van der Waals surface area contributed by atoms with Crippen LogP contribution in [0.5, 0.6) is 0 Å². The Labute approximate surface area is 112 Å². The van der Waals surface area contributed by atoms with Crippen molar-refractivity contribution in [3.8, 4) is 0 Å². The van der Waals surface area contributed by atoms with Crippen molar-refractivity contribution in [2.24, 2.45) is 5.92 Å². The summed E-state index contributed by atoms with van der Waals surface area (Å²) in [6.45, 7) is 10.3. The largest absolute Gasteiger partial charge is 0.379 e. The molecule has 3 heteroatoms. The lowest BCUT2D eigenvalue weighted by Gasteiger charge is -2.41. The molecular formula is C15H30N2O. The fraction of sp³-hybridized carbons (Fsp3) is 1.00. The number of hydrogen-bond acceptors (Lipinski definition) is 3. The molecule has 2 atom stereocenters. The molecule has 1 saturated heterocycles. The van der Waals surface area contributed by atoms with Crippen LogP contribution in [0.2, 0.25) is 0 Å². The minimum absolute atomic E-state index is 0.0146. The number of methoxy groups -OCH3 is 1. The summed E-state index contributed by atoms with van der Waals surface area (Å²) >= 11 is 0. The van der Waals surface area contributed by atoms with Gasteiger partial charge in [0.1, 0.15) is 0 Å².